The normalized spacial score (nSPS) is 11.8. The summed E-state index contributed by atoms with van der Waals surface area (Å²) in [4.78, 5) is 39.5. The number of carbonyl (C=O) groups excluding carboxylic acids is 3. The number of ether oxygens (including phenoxy) is 1. The van der Waals surface area contributed by atoms with Crippen LogP contribution in [-0.2, 0) is 14.3 Å². The molecule has 0 spiro atoms. The molecule has 2 amide bonds. The number of carbonyl (C=O) groups is 3. The number of nitrogens with one attached hydrogen (secondary N) is 1. The monoisotopic (exact) mass is 410 g/mol. The molecule has 2 aromatic rings. The predicted molar refractivity (Wildman–Crippen MR) is 117 cm³/mol. The Bertz CT molecular complexity index is 878. The van der Waals surface area contributed by atoms with Gasteiger partial charge in [-0.1, -0.05) is 49.7 Å². The molecule has 0 aliphatic heterocycles. The van der Waals surface area contributed by atoms with Gasteiger partial charge in [0.05, 0.1) is 0 Å². The van der Waals surface area contributed by atoms with Gasteiger partial charge in [0.15, 0.2) is 6.61 Å². The Hall–Kier alpha value is -3.15. The molecule has 0 saturated carbocycles. The van der Waals surface area contributed by atoms with Crippen molar-refractivity contribution in [2.75, 3.05) is 11.5 Å². The second kappa shape index (κ2) is 10.6. The fraction of sp³-hybridized carbons (Fsp3) is 0.375. The summed E-state index contributed by atoms with van der Waals surface area (Å²) in [5, 5.41) is 2.73. The minimum atomic E-state index is -0.852. The summed E-state index contributed by atoms with van der Waals surface area (Å²) in [5.74, 6) is -1.50. The Morgan fingerprint density at radius 1 is 0.967 bits per heavy atom. The molecule has 0 bridgehead atoms. The van der Waals surface area contributed by atoms with Gasteiger partial charge in [-0.05, 0) is 51.0 Å². The summed E-state index contributed by atoms with van der Waals surface area (Å²) >= 11 is 0. The topological polar surface area (TPSA) is 75.7 Å². The van der Waals surface area contributed by atoms with Crippen molar-refractivity contribution in [3.8, 4) is 0 Å². The Balaban J connectivity index is 2.04. The molecule has 1 atom stereocenters. The molecule has 6 nitrogen and oxygen atoms in total. The molecule has 30 heavy (non-hydrogen) atoms. The summed E-state index contributed by atoms with van der Waals surface area (Å²) in [6.45, 7) is 8.92. The highest BCUT2D eigenvalue weighted by Gasteiger charge is 2.28. The first-order chi connectivity index (χ1) is 14.2. The van der Waals surface area contributed by atoms with Crippen LogP contribution >= 0.6 is 0 Å². The number of anilines is 1. The molecule has 160 valence electrons. The lowest BCUT2D eigenvalue weighted by Gasteiger charge is -2.27. The largest absolute Gasteiger partial charge is 0.454 e. The van der Waals surface area contributed by atoms with Crippen LogP contribution in [0.1, 0.15) is 43.6 Å². The van der Waals surface area contributed by atoms with Gasteiger partial charge in [-0.2, -0.15) is 0 Å². The smallest absolute Gasteiger partial charge is 0.329 e. The molecule has 0 fully saturated rings. The first-order valence-corrected chi connectivity index (χ1v) is 10.1. The lowest BCUT2D eigenvalue weighted by Crippen LogP contribution is -2.47. The van der Waals surface area contributed by atoms with E-state index in [4.69, 9.17) is 4.74 Å². The van der Waals surface area contributed by atoms with Crippen LogP contribution < -0.4 is 10.2 Å². The fourth-order valence-corrected chi connectivity index (χ4v) is 3.12. The van der Waals surface area contributed by atoms with Crippen LogP contribution in [0.4, 0.5) is 5.69 Å². The van der Waals surface area contributed by atoms with Gasteiger partial charge in [0.25, 0.3) is 11.8 Å². The standard InChI is InChI=1S/C24H30N2O4/c1-16(2)22(25-23(28)19-11-9-10-18(5)14-19)24(29)30-15-21(27)26(17(3)4)20-12-7-6-8-13-20/h6-14,16-17,22H,15H2,1-5H3,(H,25,28)/t22-/m0/s1. The van der Waals surface area contributed by atoms with E-state index in [9.17, 15) is 14.4 Å². The lowest BCUT2D eigenvalue weighted by atomic mass is 10.0. The molecule has 0 heterocycles. The maximum absolute atomic E-state index is 12.7. The molecule has 0 unspecified atom stereocenters. The summed E-state index contributed by atoms with van der Waals surface area (Å²) in [6, 6.07) is 15.4. The van der Waals surface area contributed by atoms with Gasteiger partial charge >= 0.3 is 5.97 Å². The molecule has 2 aromatic carbocycles. The van der Waals surface area contributed by atoms with Crippen molar-refractivity contribution < 1.29 is 19.1 Å². The number of hydrogen-bond acceptors (Lipinski definition) is 4. The highest BCUT2D eigenvalue weighted by molar-refractivity contribution is 5.98. The predicted octanol–water partition coefficient (Wildman–Crippen LogP) is 3.73. The molecular formula is C24H30N2O4. The zero-order valence-corrected chi connectivity index (χ0v) is 18.2. The number of nitrogens with zero attached hydrogens (tertiary/aromatic N) is 1. The Morgan fingerprint density at radius 2 is 1.63 bits per heavy atom. The average molecular weight is 411 g/mol. The van der Waals surface area contributed by atoms with Crippen LogP contribution in [0.25, 0.3) is 0 Å². The highest BCUT2D eigenvalue weighted by atomic mass is 16.5. The van der Waals surface area contributed by atoms with Gasteiger partial charge in [-0.15, -0.1) is 0 Å². The zero-order chi connectivity index (χ0) is 22.3. The lowest BCUT2D eigenvalue weighted by molar-refractivity contribution is -0.150. The van der Waals surface area contributed by atoms with E-state index in [1.165, 1.54) is 0 Å². The SMILES string of the molecule is Cc1cccc(C(=O)N[C@H](C(=O)OCC(=O)N(c2ccccc2)C(C)C)C(C)C)c1. The number of amides is 2. The fourth-order valence-electron chi connectivity index (χ4n) is 3.12. The molecule has 2 rings (SSSR count). The summed E-state index contributed by atoms with van der Waals surface area (Å²) in [5.41, 5.74) is 2.16. The van der Waals surface area contributed by atoms with E-state index < -0.39 is 18.6 Å². The van der Waals surface area contributed by atoms with E-state index in [2.05, 4.69) is 5.32 Å². The number of esters is 1. The zero-order valence-electron chi connectivity index (χ0n) is 18.2. The van der Waals surface area contributed by atoms with Gasteiger partial charge < -0.3 is 15.0 Å². The third-order valence-corrected chi connectivity index (χ3v) is 4.64. The van der Waals surface area contributed by atoms with Crippen LogP contribution in [0.15, 0.2) is 54.6 Å². The first-order valence-electron chi connectivity index (χ1n) is 10.1. The highest BCUT2D eigenvalue weighted by Crippen LogP contribution is 2.17. The van der Waals surface area contributed by atoms with Crippen LogP contribution in [0, 0.1) is 12.8 Å². The Kier molecular flexibility index (Phi) is 8.16. The van der Waals surface area contributed by atoms with Crippen LogP contribution in [0.2, 0.25) is 0 Å². The molecule has 0 aliphatic carbocycles. The van der Waals surface area contributed by atoms with Crippen molar-refractivity contribution in [1.29, 1.82) is 0 Å². The number of benzene rings is 2. The Labute approximate surface area is 178 Å². The third-order valence-electron chi connectivity index (χ3n) is 4.64. The average Bonchev–Trinajstić information content (AvgIpc) is 2.70. The van der Waals surface area contributed by atoms with Crippen LogP contribution in [0.5, 0.6) is 0 Å². The quantitative estimate of drug-likeness (QED) is 0.673. The molecule has 0 radical (unpaired) electrons. The van der Waals surface area contributed by atoms with Gasteiger partial charge in [0.1, 0.15) is 6.04 Å². The van der Waals surface area contributed by atoms with E-state index in [1.807, 2.05) is 71.0 Å². The van der Waals surface area contributed by atoms with E-state index >= 15 is 0 Å². The van der Waals surface area contributed by atoms with Crippen molar-refractivity contribution >= 4 is 23.5 Å². The van der Waals surface area contributed by atoms with Crippen LogP contribution in [0.3, 0.4) is 0 Å². The maximum atomic E-state index is 12.7. The van der Waals surface area contributed by atoms with Gasteiger partial charge in [-0.25, -0.2) is 4.79 Å². The minimum Gasteiger partial charge on any atom is -0.454 e. The van der Waals surface area contributed by atoms with Gasteiger partial charge in [-0.3, -0.25) is 9.59 Å². The first kappa shape index (κ1) is 23.1. The van der Waals surface area contributed by atoms with Crippen molar-refractivity contribution in [3.05, 3.63) is 65.7 Å². The molecule has 6 heteroatoms. The van der Waals surface area contributed by atoms with Crippen molar-refractivity contribution in [1.82, 2.24) is 5.32 Å². The van der Waals surface area contributed by atoms with Crippen molar-refractivity contribution in [3.63, 3.8) is 0 Å². The molecule has 0 aliphatic rings. The number of aryl methyl sites for hydroxylation is 1. The minimum absolute atomic E-state index is 0.0967. The van der Waals surface area contributed by atoms with Gasteiger partial charge in [0.2, 0.25) is 0 Å². The van der Waals surface area contributed by atoms with Crippen molar-refractivity contribution in [2.45, 2.75) is 46.7 Å². The third kappa shape index (κ3) is 6.17. The molecule has 0 aromatic heterocycles. The van der Waals surface area contributed by atoms with E-state index in [0.717, 1.165) is 11.3 Å². The second-order valence-electron chi connectivity index (χ2n) is 7.87. The molecule has 1 N–H and O–H groups in total. The second-order valence-corrected chi connectivity index (χ2v) is 7.87. The maximum Gasteiger partial charge on any atom is 0.329 e. The van der Waals surface area contributed by atoms with Crippen molar-refractivity contribution in [2.24, 2.45) is 5.92 Å². The summed E-state index contributed by atoms with van der Waals surface area (Å²) in [7, 11) is 0. The number of rotatable bonds is 8. The van der Waals surface area contributed by atoms with E-state index in [1.54, 1.807) is 23.1 Å². The summed E-state index contributed by atoms with van der Waals surface area (Å²) < 4.78 is 5.30. The summed E-state index contributed by atoms with van der Waals surface area (Å²) in [6.07, 6.45) is 0. The molecule has 0 saturated heterocycles. The number of hydrogen-bond donors (Lipinski definition) is 1. The van der Waals surface area contributed by atoms with Crippen LogP contribution in [-0.4, -0.2) is 36.5 Å². The number of para-hydroxylation sites is 1. The van der Waals surface area contributed by atoms with E-state index in [-0.39, 0.29) is 23.8 Å². The van der Waals surface area contributed by atoms with Gasteiger partial charge in [0, 0.05) is 17.3 Å². The Morgan fingerprint density at radius 3 is 2.20 bits per heavy atom. The molecular weight excluding hydrogens is 380 g/mol. The van der Waals surface area contributed by atoms with E-state index in [0.29, 0.717) is 5.56 Å².